The first-order valence-electron chi connectivity index (χ1n) is 12.1. The van der Waals surface area contributed by atoms with E-state index in [9.17, 15) is 28.2 Å². The van der Waals surface area contributed by atoms with Gasteiger partial charge in [0.1, 0.15) is 0 Å². The fourth-order valence-corrected chi connectivity index (χ4v) is 5.27. The Morgan fingerprint density at radius 1 is 1.05 bits per heavy atom. The second-order valence-electron chi connectivity index (χ2n) is 8.83. The number of aryl methyl sites for hydroxylation is 1. The van der Waals surface area contributed by atoms with Gasteiger partial charge in [-0.25, -0.2) is 18.2 Å². The average molecular weight is 566 g/mol. The first-order valence-corrected chi connectivity index (χ1v) is 13.5. The van der Waals surface area contributed by atoms with Crippen molar-refractivity contribution in [2.45, 2.75) is 18.7 Å². The minimum absolute atomic E-state index is 0.0121. The van der Waals surface area contributed by atoms with Gasteiger partial charge in [-0.2, -0.15) is 0 Å². The summed E-state index contributed by atoms with van der Waals surface area (Å²) in [6, 6.07) is 17.5. The molecule has 40 heavy (non-hydrogen) atoms. The first kappa shape index (κ1) is 28.6. The molecule has 0 unspecified atom stereocenters. The summed E-state index contributed by atoms with van der Waals surface area (Å²) in [5.41, 5.74) is 2.06. The van der Waals surface area contributed by atoms with Gasteiger partial charge < -0.3 is 15.3 Å². The Hall–Kier alpha value is -4.36. The van der Waals surface area contributed by atoms with Crippen molar-refractivity contribution >= 4 is 44.2 Å². The third-order valence-electron chi connectivity index (χ3n) is 6.20. The lowest BCUT2D eigenvalue weighted by Crippen LogP contribution is -2.28. The highest BCUT2D eigenvalue weighted by molar-refractivity contribution is 7.89. The fraction of sp³-hybridized carbons (Fsp3) is 0.179. The Morgan fingerprint density at radius 3 is 2.27 bits per heavy atom. The SMILES string of the molecule is CC(=O)n1c(O)c(C(=Nc2ccc(S(=O)(=O)N(C)OCCO)cc2)c2ccccc2)c2cc(C)c(C(=O)O)cc21. The molecule has 0 aliphatic heterocycles. The summed E-state index contributed by atoms with van der Waals surface area (Å²) in [6.45, 7) is 2.33. The van der Waals surface area contributed by atoms with Crippen molar-refractivity contribution in [3.05, 3.63) is 89.0 Å². The number of carbonyl (C=O) groups is 2. The van der Waals surface area contributed by atoms with E-state index < -0.39 is 27.8 Å². The number of carbonyl (C=O) groups excluding carboxylic acids is 1. The molecule has 0 bridgehead atoms. The van der Waals surface area contributed by atoms with Crippen molar-refractivity contribution in [2.24, 2.45) is 4.99 Å². The molecule has 0 aliphatic rings. The minimum atomic E-state index is -4.00. The third kappa shape index (κ3) is 5.38. The quantitative estimate of drug-likeness (QED) is 0.205. The minimum Gasteiger partial charge on any atom is -0.494 e. The van der Waals surface area contributed by atoms with E-state index in [-0.39, 0.29) is 40.5 Å². The Balaban J connectivity index is 1.93. The van der Waals surface area contributed by atoms with Crippen LogP contribution in [-0.4, -0.2) is 70.6 Å². The van der Waals surface area contributed by atoms with Gasteiger partial charge in [0.25, 0.3) is 10.0 Å². The van der Waals surface area contributed by atoms with Gasteiger partial charge in [-0.15, -0.1) is 0 Å². The van der Waals surface area contributed by atoms with Crippen LogP contribution in [0.1, 0.15) is 38.8 Å². The summed E-state index contributed by atoms with van der Waals surface area (Å²) in [6.07, 6.45) is 0. The van der Waals surface area contributed by atoms with E-state index in [0.29, 0.717) is 26.7 Å². The molecule has 0 atom stereocenters. The van der Waals surface area contributed by atoms with E-state index in [2.05, 4.69) is 0 Å². The van der Waals surface area contributed by atoms with Crippen molar-refractivity contribution in [3.63, 3.8) is 0 Å². The summed E-state index contributed by atoms with van der Waals surface area (Å²) >= 11 is 0. The van der Waals surface area contributed by atoms with E-state index in [0.717, 1.165) is 4.57 Å². The van der Waals surface area contributed by atoms with E-state index in [1.807, 2.05) is 0 Å². The standard InChI is InChI=1S/C28H27N3O8S/c1-17-15-23-24(16-22(17)28(35)36)31(18(2)33)27(34)25(23)26(19-7-5-4-6-8-19)29-20-9-11-21(12-10-20)40(37,38)30(3)39-14-13-32/h4-12,15-16,32,34H,13-14H2,1-3H3,(H,35,36). The van der Waals surface area contributed by atoms with Crippen LogP contribution in [0, 0.1) is 6.92 Å². The summed E-state index contributed by atoms with van der Waals surface area (Å²) < 4.78 is 27.2. The highest BCUT2D eigenvalue weighted by Gasteiger charge is 2.26. The molecule has 4 rings (SSSR count). The zero-order valence-electron chi connectivity index (χ0n) is 21.9. The lowest BCUT2D eigenvalue weighted by Gasteiger charge is -2.16. The highest BCUT2D eigenvalue weighted by atomic mass is 32.2. The molecule has 4 aromatic rings. The molecule has 11 nitrogen and oxygen atoms in total. The number of rotatable bonds is 9. The van der Waals surface area contributed by atoms with Crippen molar-refractivity contribution in [1.82, 2.24) is 9.04 Å². The molecule has 0 aliphatic carbocycles. The molecule has 208 valence electrons. The maximum absolute atomic E-state index is 12.8. The number of aromatic nitrogens is 1. The predicted octanol–water partition coefficient (Wildman–Crippen LogP) is 3.73. The van der Waals surface area contributed by atoms with Crippen molar-refractivity contribution in [2.75, 3.05) is 20.3 Å². The van der Waals surface area contributed by atoms with Crippen LogP contribution >= 0.6 is 0 Å². The van der Waals surface area contributed by atoms with Crippen LogP contribution in [-0.2, 0) is 14.9 Å². The van der Waals surface area contributed by atoms with E-state index in [1.54, 1.807) is 43.3 Å². The van der Waals surface area contributed by atoms with Crippen LogP contribution < -0.4 is 0 Å². The van der Waals surface area contributed by atoms with Gasteiger partial charge in [0.15, 0.2) is 0 Å². The van der Waals surface area contributed by atoms with Gasteiger partial charge in [0.05, 0.1) is 46.2 Å². The van der Waals surface area contributed by atoms with Crippen LogP contribution in [0.15, 0.2) is 76.6 Å². The Labute approximate surface area is 230 Å². The van der Waals surface area contributed by atoms with E-state index >= 15 is 0 Å². The van der Waals surface area contributed by atoms with Gasteiger partial charge >= 0.3 is 5.97 Å². The van der Waals surface area contributed by atoms with Crippen LogP contribution in [0.25, 0.3) is 10.9 Å². The number of aromatic hydroxyl groups is 1. The summed E-state index contributed by atoms with van der Waals surface area (Å²) in [4.78, 5) is 34.0. The number of aliphatic hydroxyl groups is 1. The van der Waals surface area contributed by atoms with E-state index in [1.165, 1.54) is 44.3 Å². The lowest BCUT2D eigenvalue weighted by molar-refractivity contribution is -0.0770. The molecule has 0 amide bonds. The predicted molar refractivity (Wildman–Crippen MR) is 148 cm³/mol. The number of aromatic carboxylic acids is 1. The van der Waals surface area contributed by atoms with Crippen LogP contribution in [0.4, 0.5) is 5.69 Å². The zero-order chi connectivity index (χ0) is 29.2. The van der Waals surface area contributed by atoms with Crippen molar-refractivity contribution in [1.29, 1.82) is 0 Å². The molecule has 0 fully saturated rings. The molecule has 0 radical (unpaired) electrons. The van der Waals surface area contributed by atoms with Gasteiger partial charge in [0.2, 0.25) is 11.8 Å². The largest absolute Gasteiger partial charge is 0.494 e. The number of aliphatic hydroxyl groups excluding tert-OH is 1. The van der Waals surface area contributed by atoms with Crippen LogP contribution in [0.5, 0.6) is 5.88 Å². The number of benzene rings is 3. The molecule has 12 heteroatoms. The topological polar surface area (TPSA) is 159 Å². The zero-order valence-corrected chi connectivity index (χ0v) is 22.7. The average Bonchev–Trinajstić information content (AvgIpc) is 3.20. The number of carboxylic acid groups (broad SMARTS) is 1. The van der Waals surface area contributed by atoms with E-state index in [4.69, 9.17) is 14.9 Å². The Kier molecular flexibility index (Phi) is 8.16. The maximum Gasteiger partial charge on any atom is 0.336 e. The Morgan fingerprint density at radius 2 is 1.70 bits per heavy atom. The number of hydrogen-bond donors (Lipinski definition) is 3. The second-order valence-corrected chi connectivity index (χ2v) is 10.8. The van der Waals surface area contributed by atoms with Gasteiger partial charge in [-0.3, -0.25) is 14.2 Å². The smallest absolute Gasteiger partial charge is 0.336 e. The number of hydroxylamine groups is 1. The van der Waals surface area contributed by atoms with Gasteiger partial charge in [0, 0.05) is 24.9 Å². The molecule has 0 saturated carbocycles. The summed E-state index contributed by atoms with van der Waals surface area (Å²) in [5, 5.41) is 30.2. The maximum atomic E-state index is 12.8. The molecule has 1 heterocycles. The molecule has 0 saturated heterocycles. The van der Waals surface area contributed by atoms with Crippen LogP contribution in [0.3, 0.4) is 0 Å². The molecule has 3 aromatic carbocycles. The number of hydrogen-bond acceptors (Lipinski definition) is 8. The molecular formula is C28H27N3O8S. The van der Waals surface area contributed by atoms with Crippen molar-refractivity contribution < 1.29 is 38.2 Å². The monoisotopic (exact) mass is 565 g/mol. The number of aliphatic imine (C=N–C) groups is 1. The fourth-order valence-electron chi connectivity index (χ4n) is 4.28. The second kappa shape index (κ2) is 11.4. The summed E-state index contributed by atoms with van der Waals surface area (Å²) in [5.74, 6) is -2.10. The molecular weight excluding hydrogens is 538 g/mol. The Bertz CT molecular complexity index is 1730. The first-order chi connectivity index (χ1) is 19.0. The van der Waals surface area contributed by atoms with Gasteiger partial charge in [-0.05, 0) is 48.9 Å². The van der Waals surface area contributed by atoms with Crippen molar-refractivity contribution in [3.8, 4) is 5.88 Å². The number of fused-ring (bicyclic) bond motifs is 1. The molecule has 0 spiro atoms. The number of carboxylic acids is 1. The van der Waals surface area contributed by atoms with Gasteiger partial charge in [-0.1, -0.05) is 34.8 Å². The molecule has 1 aromatic heterocycles. The third-order valence-corrected chi connectivity index (χ3v) is 7.85. The lowest BCUT2D eigenvalue weighted by atomic mass is 9.98. The number of sulfonamides is 1. The number of nitrogens with zero attached hydrogens (tertiary/aromatic N) is 3. The normalized spacial score (nSPS) is 12.3. The summed E-state index contributed by atoms with van der Waals surface area (Å²) in [7, 11) is -2.78. The van der Waals surface area contributed by atoms with Crippen LogP contribution in [0.2, 0.25) is 0 Å². The highest BCUT2D eigenvalue weighted by Crippen LogP contribution is 2.36. The molecule has 3 N–H and O–H groups in total.